The van der Waals surface area contributed by atoms with Crippen LogP contribution < -0.4 is 5.73 Å². The van der Waals surface area contributed by atoms with E-state index in [1.807, 2.05) is 0 Å². The molecule has 3 nitrogen and oxygen atoms in total. The molecule has 0 aromatic heterocycles. The molecule has 0 heterocycles. The minimum absolute atomic E-state index is 0.472. The van der Waals surface area contributed by atoms with Gasteiger partial charge in [-0.25, -0.2) is 0 Å². The Morgan fingerprint density at radius 2 is 1.71 bits per heavy atom. The summed E-state index contributed by atoms with van der Waals surface area (Å²) in [5.41, 5.74) is 7.50. The molecule has 2 N–H and O–H groups in total. The van der Waals surface area contributed by atoms with Crippen molar-refractivity contribution in [3.63, 3.8) is 0 Å². The molecule has 0 saturated heterocycles. The summed E-state index contributed by atoms with van der Waals surface area (Å²) in [4.78, 5) is 4.82. The van der Waals surface area contributed by atoms with Crippen molar-refractivity contribution in [2.75, 3.05) is 40.3 Å². The molecule has 0 bridgehead atoms. The first-order chi connectivity index (χ1) is 10.1. The summed E-state index contributed by atoms with van der Waals surface area (Å²) >= 11 is 0. The van der Waals surface area contributed by atoms with Crippen molar-refractivity contribution >= 4 is 0 Å². The summed E-state index contributed by atoms with van der Waals surface area (Å²) in [6.45, 7) is 8.63. The maximum atomic E-state index is 6.08. The molecular formula is C18H33N3. The maximum Gasteiger partial charge on any atom is 0.0224 e. The molecule has 1 rings (SSSR count). The molecule has 0 fully saturated rings. The number of nitrogens with zero attached hydrogens (tertiary/aromatic N) is 2. The van der Waals surface area contributed by atoms with Crippen LogP contribution in [0.3, 0.4) is 0 Å². The van der Waals surface area contributed by atoms with Gasteiger partial charge in [0.1, 0.15) is 0 Å². The molecule has 2 unspecified atom stereocenters. The first-order valence-electron chi connectivity index (χ1n) is 8.22. The van der Waals surface area contributed by atoms with Gasteiger partial charge < -0.3 is 10.6 Å². The van der Waals surface area contributed by atoms with E-state index in [9.17, 15) is 0 Å². The predicted molar refractivity (Wildman–Crippen MR) is 92.7 cm³/mol. The lowest BCUT2D eigenvalue weighted by molar-refractivity contribution is 0.168. The predicted octanol–water partition coefficient (Wildman–Crippen LogP) is 2.78. The van der Waals surface area contributed by atoms with Gasteiger partial charge in [-0.05, 0) is 45.0 Å². The molecule has 1 aromatic carbocycles. The summed E-state index contributed by atoms with van der Waals surface area (Å²) in [5, 5.41) is 0. The van der Waals surface area contributed by atoms with Crippen LogP contribution in [0.2, 0.25) is 0 Å². The Bertz CT molecular complexity index is 364. The molecule has 0 aliphatic heterocycles. The van der Waals surface area contributed by atoms with Crippen LogP contribution in [-0.4, -0.2) is 56.1 Å². The molecule has 0 amide bonds. The van der Waals surface area contributed by atoms with Crippen LogP contribution in [0.25, 0.3) is 0 Å². The quantitative estimate of drug-likeness (QED) is 0.719. The third-order valence-corrected chi connectivity index (χ3v) is 4.13. The number of likely N-dealkylation sites (N-methyl/N-ethyl adjacent to an activating group) is 1. The van der Waals surface area contributed by atoms with Crippen LogP contribution in [0.5, 0.6) is 0 Å². The first-order valence-corrected chi connectivity index (χ1v) is 8.22. The van der Waals surface area contributed by atoms with Gasteiger partial charge >= 0.3 is 0 Å². The monoisotopic (exact) mass is 291 g/mol. The van der Waals surface area contributed by atoms with Crippen LogP contribution in [0.1, 0.15) is 38.2 Å². The number of benzene rings is 1. The van der Waals surface area contributed by atoms with E-state index < -0.39 is 0 Å². The van der Waals surface area contributed by atoms with Gasteiger partial charge in [0.2, 0.25) is 0 Å². The molecule has 0 spiro atoms. The minimum Gasteiger partial charge on any atom is -0.329 e. The topological polar surface area (TPSA) is 32.5 Å². The second kappa shape index (κ2) is 9.93. The highest BCUT2D eigenvalue weighted by Gasteiger charge is 2.19. The normalized spacial score (nSPS) is 14.6. The fraction of sp³-hybridized carbons (Fsp3) is 0.667. The summed E-state index contributed by atoms with van der Waals surface area (Å²) < 4.78 is 0. The van der Waals surface area contributed by atoms with Gasteiger partial charge in [-0.15, -0.1) is 0 Å². The summed E-state index contributed by atoms with van der Waals surface area (Å²) in [7, 11) is 4.27. The van der Waals surface area contributed by atoms with E-state index in [2.05, 4.69) is 68.1 Å². The van der Waals surface area contributed by atoms with E-state index in [1.54, 1.807) is 0 Å². The van der Waals surface area contributed by atoms with Gasteiger partial charge in [-0.3, -0.25) is 4.90 Å². The lowest BCUT2D eigenvalue weighted by atomic mass is 9.93. The molecule has 0 aliphatic rings. The van der Waals surface area contributed by atoms with Gasteiger partial charge in [0.05, 0.1) is 0 Å². The molecule has 0 aliphatic carbocycles. The van der Waals surface area contributed by atoms with Gasteiger partial charge in [-0.2, -0.15) is 0 Å². The van der Waals surface area contributed by atoms with Crippen molar-refractivity contribution in [3.8, 4) is 0 Å². The van der Waals surface area contributed by atoms with Crippen molar-refractivity contribution in [1.82, 2.24) is 9.80 Å². The van der Waals surface area contributed by atoms with E-state index in [1.165, 1.54) is 12.0 Å². The Hall–Kier alpha value is -0.900. The fourth-order valence-electron chi connectivity index (χ4n) is 2.81. The van der Waals surface area contributed by atoms with Gasteiger partial charge in [0, 0.05) is 25.7 Å². The Balaban J connectivity index is 2.64. The van der Waals surface area contributed by atoms with Crippen LogP contribution in [0, 0.1) is 0 Å². The standard InChI is InChI=1S/C18H33N3/c1-5-11-21(13-12-20(3)4)18(15-19)14-16(2)17-9-7-6-8-10-17/h6-10,16,18H,5,11-15,19H2,1-4H3. The zero-order chi connectivity index (χ0) is 15.7. The summed E-state index contributed by atoms with van der Waals surface area (Å²) in [6, 6.07) is 11.2. The third kappa shape index (κ3) is 6.60. The Kier molecular flexibility index (Phi) is 8.58. The van der Waals surface area contributed by atoms with Crippen molar-refractivity contribution < 1.29 is 0 Å². The zero-order valence-electron chi connectivity index (χ0n) is 14.3. The van der Waals surface area contributed by atoms with Crippen LogP contribution >= 0.6 is 0 Å². The van der Waals surface area contributed by atoms with E-state index >= 15 is 0 Å². The Morgan fingerprint density at radius 3 is 2.24 bits per heavy atom. The number of hydrogen-bond acceptors (Lipinski definition) is 3. The van der Waals surface area contributed by atoms with Gasteiger partial charge in [0.15, 0.2) is 0 Å². The lowest BCUT2D eigenvalue weighted by Crippen LogP contribution is -2.44. The number of rotatable bonds is 10. The molecule has 120 valence electrons. The van der Waals surface area contributed by atoms with Crippen molar-refractivity contribution in [2.24, 2.45) is 5.73 Å². The average Bonchev–Trinajstić information content (AvgIpc) is 2.49. The highest BCUT2D eigenvalue weighted by Crippen LogP contribution is 2.22. The van der Waals surface area contributed by atoms with Crippen LogP contribution in [0.15, 0.2) is 30.3 Å². The maximum absolute atomic E-state index is 6.08. The van der Waals surface area contributed by atoms with E-state index in [0.29, 0.717) is 12.0 Å². The van der Waals surface area contributed by atoms with Crippen molar-refractivity contribution in [3.05, 3.63) is 35.9 Å². The SMILES string of the molecule is CCCN(CCN(C)C)C(CN)CC(C)c1ccccc1. The summed E-state index contributed by atoms with van der Waals surface area (Å²) in [5.74, 6) is 0.554. The van der Waals surface area contributed by atoms with Gasteiger partial charge in [0.25, 0.3) is 0 Å². The second-order valence-corrected chi connectivity index (χ2v) is 6.28. The van der Waals surface area contributed by atoms with Crippen molar-refractivity contribution in [2.45, 2.75) is 38.6 Å². The highest BCUT2D eigenvalue weighted by atomic mass is 15.2. The largest absolute Gasteiger partial charge is 0.329 e. The van der Waals surface area contributed by atoms with E-state index in [-0.39, 0.29) is 0 Å². The number of hydrogen-bond donors (Lipinski definition) is 1. The zero-order valence-corrected chi connectivity index (χ0v) is 14.3. The average molecular weight is 291 g/mol. The first kappa shape index (κ1) is 18.1. The van der Waals surface area contributed by atoms with Crippen LogP contribution in [-0.2, 0) is 0 Å². The Morgan fingerprint density at radius 1 is 1.05 bits per heavy atom. The fourth-order valence-corrected chi connectivity index (χ4v) is 2.81. The second-order valence-electron chi connectivity index (χ2n) is 6.28. The highest BCUT2D eigenvalue weighted by molar-refractivity contribution is 5.18. The van der Waals surface area contributed by atoms with Gasteiger partial charge in [-0.1, -0.05) is 44.2 Å². The lowest BCUT2D eigenvalue weighted by Gasteiger charge is -2.33. The van der Waals surface area contributed by atoms with Crippen LogP contribution in [0.4, 0.5) is 0 Å². The molecule has 2 atom stereocenters. The molecule has 0 radical (unpaired) electrons. The van der Waals surface area contributed by atoms with E-state index in [0.717, 1.165) is 32.6 Å². The molecule has 21 heavy (non-hydrogen) atoms. The minimum atomic E-state index is 0.472. The molecule has 0 saturated carbocycles. The molecular weight excluding hydrogens is 258 g/mol. The van der Waals surface area contributed by atoms with Crippen molar-refractivity contribution in [1.29, 1.82) is 0 Å². The Labute approximate surface area is 131 Å². The summed E-state index contributed by atoms with van der Waals surface area (Å²) in [6.07, 6.45) is 2.32. The molecule has 3 heteroatoms. The third-order valence-electron chi connectivity index (χ3n) is 4.13. The smallest absolute Gasteiger partial charge is 0.0224 e. The molecule has 1 aromatic rings. The number of nitrogens with two attached hydrogens (primary N) is 1. The van der Waals surface area contributed by atoms with E-state index in [4.69, 9.17) is 5.73 Å².